The molecule has 1 aliphatic rings. The fourth-order valence-electron chi connectivity index (χ4n) is 2.35. The van der Waals surface area contributed by atoms with Gasteiger partial charge in [0.25, 0.3) is 0 Å². The second-order valence-electron chi connectivity index (χ2n) is 5.15. The van der Waals surface area contributed by atoms with E-state index in [1.165, 1.54) is 0 Å². The molecule has 6 nitrogen and oxygen atoms in total. The van der Waals surface area contributed by atoms with Crippen LogP contribution in [0.15, 0.2) is 30.3 Å². The van der Waals surface area contributed by atoms with Crippen molar-refractivity contribution in [2.24, 2.45) is 0 Å². The van der Waals surface area contributed by atoms with Gasteiger partial charge in [0.1, 0.15) is 0 Å². The van der Waals surface area contributed by atoms with Crippen LogP contribution in [0.5, 0.6) is 0 Å². The van der Waals surface area contributed by atoms with E-state index in [-0.39, 0.29) is 37.0 Å². The Labute approximate surface area is 124 Å². The van der Waals surface area contributed by atoms with Crippen LogP contribution in [0.4, 0.5) is 10.5 Å². The summed E-state index contributed by atoms with van der Waals surface area (Å²) in [5.41, 5.74) is 0.842. The number of carbonyl (C=O) groups is 2. The van der Waals surface area contributed by atoms with Crippen LogP contribution < -0.4 is 15.5 Å². The average Bonchev–Trinajstić information content (AvgIpc) is 2.86. The van der Waals surface area contributed by atoms with Gasteiger partial charge in [0, 0.05) is 18.7 Å². The van der Waals surface area contributed by atoms with E-state index in [0.717, 1.165) is 5.69 Å². The Bertz CT molecular complexity index is 488. The number of nitrogens with one attached hydrogen (secondary N) is 2. The number of hydrogen-bond donors (Lipinski definition) is 3. The molecular weight excluding hydrogens is 270 g/mol. The Morgan fingerprint density at radius 3 is 2.76 bits per heavy atom. The molecule has 21 heavy (non-hydrogen) atoms. The van der Waals surface area contributed by atoms with E-state index in [1.54, 1.807) is 4.90 Å². The molecule has 1 aliphatic heterocycles. The molecule has 0 aliphatic carbocycles. The first-order valence-corrected chi connectivity index (χ1v) is 7.17. The molecule has 0 saturated carbocycles. The van der Waals surface area contributed by atoms with Crippen molar-refractivity contribution in [2.75, 3.05) is 18.1 Å². The van der Waals surface area contributed by atoms with Gasteiger partial charge in [-0.3, -0.25) is 4.79 Å². The predicted molar refractivity (Wildman–Crippen MR) is 80.0 cm³/mol. The second kappa shape index (κ2) is 7.08. The predicted octanol–water partition coefficient (Wildman–Crippen LogP) is 0.862. The lowest BCUT2D eigenvalue weighted by molar-refractivity contribution is -0.117. The summed E-state index contributed by atoms with van der Waals surface area (Å²) in [6.45, 7) is 2.26. The lowest BCUT2D eigenvalue weighted by Gasteiger charge is -2.19. The first-order valence-electron chi connectivity index (χ1n) is 7.17. The Balaban J connectivity index is 1.90. The van der Waals surface area contributed by atoms with Gasteiger partial charge in [0.15, 0.2) is 0 Å². The van der Waals surface area contributed by atoms with Gasteiger partial charge in [-0.15, -0.1) is 0 Å². The summed E-state index contributed by atoms with van der Waals surface area (Å²) in [4.78, 5) is 25.5. The first kappa shape index (κ1) is 15.3. The van der Waals surface area contributed by atoms with Crippen molar-refractivity contribution in [3.8, 4) is 0 Å². The highest BCUT2D eigenvalue weighted by atomic mass is 16.3. The number of aliphatic hydroxyl groups is 1. The number of para-hydroxylation sites is 1. The van der Waals surface area contributed by atoms with Gasteiger partial charge < -0.3 is 20.6 Å². The largest absolute Gasteiger partial charge is 0.394 e. The zero-order valence-corrected chi connectivity index (χ0v) is 12.1. The van der Waals surface area contributed by atoms with E-state index >= 15 is 0 Å². The monoisotopic (exact) mass is 291 g/mol. The lowest BCUT2D eigenvalue weighted by atomic mass is 10.2. The number of hydrogen-bond acceptors (Lipinski definition) is 3. The van der Waals surface area contributed by atoms with Crippen molar-refractivity contribution in [3.63, 3.8) is 0 Å². The van der Waals surface area contributed by atoms with Gasteiger partial charge in [-0.05, 0) is 18.6 Å². The van der Waals surface area contributed by atoms with Crippen LogP contribution in [0.1, 0.15) is 19.8 Å². The van der Waals surface area contributed by atoms with Crippen molar-refractivity contribution < 1.29 is 14.7 Å². The molecular formula is C15H21N3O3. The molecule has 0 bridgehead atoms. The Morgan fingerprint density at radius 1 is 1.43 bits per heavy atom. The van der Waals surface area contributed by atoms with E-state index < -0.39 is 0 Å². The Hall–Kier alpha value is -2.08. The molecule has 0 spiro atoms. The maximum Gasteiger partial charge on any atom is 0.315 e. The molecule has 1 fully saturated rings. The van der Waals surface area contributed by atoms with Crippen molar-refractivity contribution in [1.82, 2.24) is 10.6 Å². The number of carbonyl (C=O) groups excluding carboxylic acids is 2. The summed E-state index contributed by atoms with van der Waals surface area (Å²) in [6, 6.07) is 8.59. The minimum atomic E-state index is -0.344. The normalized spacial score (nSPS) is 19.4. The van der Waals surface area contributed by atoms with Crippen LogP contribution >= 0.6 is 0 Å². The van der Waals surface area contributed by atoms with Crippen LogP contribution in [0, 0.1) is 0 Å². The van der Waals surface area contributed by atoms with Crippen LogP contribution in [-0.4, -0.2) is 42.3 Å². The van der Waals surface area contributed by atoms with Crippen LogP contribution in [0.25, 0.3) is 0 Å². The van der Waals surface area contributed by atoms with Crippen LogP contribution in [0.3, 0.4) is 0 Å². The lowest BCUT2D eigenvalue weighted by Crippen LogP contribution is -2.48. The summed E-state index contributed by atoms with van der Waals surface area (Å²) in [5, 5.41) is 14.5. The Morgan fingerprint density at radius 2 is 2.14 bits per heavy atom. The maximum absolute atomic E-state index is 12.0. The minimum Gasteiger partial charge on any atom is -0.394 e. The zero-order chi connectivity index (χ0) is 15.2. The van der Waals surface area contributed by atoms with Crippen LogP contribution in [-0.2, 0) is 4.79 Å². The average molecular weight is 291 g/mol. The highest BCUT2D eigenvalue weighted by molar-refractivity contribution is 5.96. The quantitative estimate of drug-likeness (QED) is 0.752. The number of urea groups is 1. The van der Waals surface area contributed by atoms with E-state index in [4.69, 9.17) is 5.11 Å². The van der Waals surface area contributed by atoms with Gasteiger partial charge in [-0.2, -0.15) is 0 Å². The van der Waals surface area contributed by atoms with Crippen molar-refractivity contribution >= 4 is 17.6 Å². The molecule has 3 N–H and O–H groups in total. The number of rotatable bonds is 5. The highest BCUT2D eigenvalue weighted by Gasteiger charge is 2.31. The third kappa shape index (κ3) is 3.95. The van der Waals surface area contributed by atoms with Gasteiger partial charge >= 0.3 is 6.03 Å². The van der Waals surface area contributed by atoms with E-state index in [1.807, 2.05) is 37.3 Å². The molecule has 2 atom stereocenters. The number of anilines is 1. The fraction of sp³-hybridized carbons (Fsp3) is 0.467. The summed E-state index contributed by atoms with van der Waals surface area (Å²) in [7, 11) is 0. The van der Waals surface area contributed by atoms with Gasteiger partial charge in [-0.25, -0.2) is 4.79 Å². The zero-order valence-electron chi connectivity index (χ0n) is 12.1. The topological polar surface area (TPSA) is 81.7 Å². The molecule has 6 heteroatoms. The third-order valence-electron chi connectivity index (χ3n) is 3.58. The summed E-state index contributed by atoms with van der Waals surface area (Å²) >= 11 is 0. The maximum atomic E-state index is 12.0. The molecule has 2 rings (SSSR count). The number of nitrogens with zero attached hydrogens (tertiary/aromatic N) is 1. The molecule has 1 aromatic carbocycles. The molecule has 0 unspecified atom stereocenters. The first-order chi connectivity index (χ1) is 10.1. The smallest absolute Gasteiger partial charge is 0.315 e. The van der Waals surface area contributed by atoms with E-state index in [0.29, 0.717) is 13.0 Å². The second-order valence-corrected chi connectivity index (χ2v) is 5.15. The van der Waals surface area contributed by atoms with Gasteiger partial charge in [0.2, 0.25) is 5.91 Å². The standard InChI is InChI=1S/C15H21N3O3/c1-2-11(10-19)16-15(21)17-12-8-14(20)18(9-12)13-6-4-3-5-7-13/h3-7,11-12,19H,2,8-10H2,1H3,(H2,16,17,21)/t11-,12+/m1/s1. The van der Waals surface area contributed by atoms with E-state index in [9.17, 15) is 9.59 Å². The number of benzene rings is 1. The Kier molecular flexibility index (Phi) is 5.16. The van der Waals surface area contributed by atoms with Crippen molar-refractivity contribution in [3.05, 3.63) is 30.3 Å². The third-order valence-corrected chi connectivity index (χ3v) is 3.58. The van der Waals surface area contributed by atoms with Gasteiger partial charge in [0.05, 0.1) is 18.7 Å². The SMILES string of the molecule is CC[C@H](CO)NC(=O)N[C@H]1CC(=O)N(c2ccccc2)C1. The molecule has 114 valence electrons. The van der Waals surface area contributed by atoms with Crippen molar-refractivity contribution in [1.29, 1.82) is 0 Å². The van der Waals surface area contributed by atoms with Crippen LogP contribution in [0.2, 0.25) is 0 Å². The highest BCUT2D eigenvalue weighted by Crippen LogP contribution is 2.20. The molecule has 0 radical (unpaired) electrons. The fourth-order valence-corrected chi connectivity index (χ4v) is 2.35. The summed E-state index contributed by atoms with van der Waals surface area (Å²) < 4.78 is 0. The summed E-state index contributed by atoms with van der Waals surface area (Å²) in [5.74, 6) is 0.000648. The molecule has 1 saturated heterocycles. The minimum absolute atomic E-state index is 0.000648. The number of amides is 3. The molecule has 0 aromatic heterocycles. The molecule has 1 aromatic rings. The molecule has 3 amide bonds. The molecule has 1 heterocycles. The summed E-state index contributed by atoms with van der Waals surface area (Å²) in [6.07, 6.45) is 0.946. The number of aliphatic hydroxyl groups excluding tert-OH is 1. The van der Waals surface area contributed by atoms with Crippen molar-refractivity contribution in [2.45, 2.75) is 31.8 Å². The van der Waals surface area contributed by atoms with Gasteiger partial charge in [-0.1, -0.05) is 25.1 Å². The van der Waals surface area contributed by atoms with E-state index in [2.05, 4.69) is 10.6 Å².